The SMILES string of the molecule is CCNC(=NCC(C(C)C)N1CCN(C)CC1)NC1CCN(C(=O)C2CCCCC2)C1. The summed E-state index contributed by atoms with van der Waals surface area (Å²) in [4.78, 5) is 25.0. The number of piperazine rings is 1. The van der Waals surface area contributed by atoms with Crippen molar-refractivity contribution in [3.63, 3.8) is 0 Å². The van der Waals surface area contributed by atoms with Crippen molar-refractivity contribution in [2.24, 2.45) is 16.8 Å². The Labute approximate surface area is 190 Å². The van der Waals surface area contributed by atoms with E-state index in [2.05, 4.69) is 53.2 Å². The highest BCUT2D eigenvalue weighted by atomic mass is 16.2. The molecule has 31 heavy (non-hydrogen) atoms. The lowest BCUT2D eigenvalue weighted by Crippen LogP contribution is -2.52. The summed E-state index contributed by atoms with van der Waals surface area (Å²) in [6.45, 7) is 14.6. The van der Waals surface area contributed by atoms with E-state index in [0.29, 0.717) is 23.9 Å². The monoisotopic (exact) mass is 434 g/mol. The van der Waals surface area contributed by atoms with Gasteiger partial charge in [0.15, 0.2) is 5.96 Å². The van der Waals surface area contributed by atoms with Crippen LogP contribution in [0.25, 0.3) is 0 Å². The Bertz CT molecular complexity index is 581. The molecule has 178 valence electrons. The summed E-state index contributed by atoms with van der Waals surface area (Å²) >= 11 is 0. The highest BCUT2D eigenvalue weighted by molar-refractivity contribution is 5.81. The second kappa shape index (κ2) is 12.0. The maximum Gasteiger partial charge on any atom is 0.225 e. The molecule has 3 fully saturated rings. The Kier molecular flexibility index (Phi) is 9.45. The molecule has 1 aliphatic carbocycles. The topological polar surface area (TPSA) is 63.2 Å². The smallest absolute Gasteiger partial charge is 0.225 e. The first kappa shape index (κ1) is 24.3. The number of carbonyl (C=O) groups is 1. The molecule has 2 unspecified atom stereocenters. The number of likely N-dealkylation sites (N-methyl/N-ethyl adjacent to an activating group) is 1. The van der Waals surface area contributed by atoms with Crippen LogP contribution in [0.15, 0.2) is 4.99 Å². The van der Waals surface area contributed by atoms with Gasteiger partial charge < -0.3 is 20.4 Å². The largest absolute Gasteiger partial charge is 0.357 e. The zero-order valence-corrected chi connectivity index (χ0v) is 20.4. The summed E-state index contributed by atoms with van der Waals surface area (Å²) in [6.07, 6.45) is 6.90. The molecule has 3 aliphatic rings. The molecule has 2 aliphatic heterocycles. The highest BCUT2D eigenvalue weighted by Crippen LogP contribution is 2.26. The van der Waals surface area contributed by atoms with Crippen molar-refractivity contribution in [3.05, 3.63) is 0 Å². The summed E-state index contributed by atoms with van der Waals surface area (Å²) in [5.74, 6) is 2.13. The van der Waals surface area contributed by atoms with Gasteiger partial charge in [-0.25, -0.2) is 0 Å². The quantitative estimate of drug-likeness (QED) is 0.474. The Morgan fingerprint density at radius 1 is 1.03 bits per heavy atom. The first-order valence-corrected chi connectivity index (χ1v) is 12.7. The van der Waals surface area contributed by atoms with Gasteiger partial charge in [-0.1, -0.05) is 33.1 Å². The lowest BCUT2D eigenvalue weighted by molar-refractivity contribution is -0.135. The van der Waals surface area contributed by atoms with E-state index in [4.69, 9.17) is 4.99 Å². The molecule has 3 rings (SSSR count). The van der Waals surface area contributed by atoms with Gasteiger partial charge in [-0.3, -0.25) is 14.7 Å². The number of nitrogens with one attached hydrogen (secondary N) is 2. The third-order valence-electron chi connectivity index (χ3n) is 7.35. The van der Waals surface area contributed by atoms with Crippen molar-refractivity contribution in [1.29, 1.82) is 0 Å². The van der Waals surface area contributed by atoms with Gasteiger partial charge in [0.05, 0.1) is 6.54 Å². The van der Waals surface area contributed by atoms with Gasteiger partial charge in [0.1, 0.15) is 0 Å². The molecule has 1 saturated carbocycles. The van der Waals surface area contributed by atoms with E-state index in [1.807, 2.05) is 0 Å². The third-order valence-corrected chi connectivity index (χ3v) is 7.35. The average Bonchev–Trinajstić information content (AvgIpc) is 3.23. The number of nitrogens with zero attached hydrogens (tertiary/aromatic N) is 4. The minimum Gasteiger partial charge on any atom is -0.357 e. The van der Waals surface area contributed by atoms with Crippen LogP contribution in [-0.4, -0.2) is 98.1 Å². The first-order chi connectivity index (χ1) is 15.0. The second-order valence-corrected chi connectivity index (χ2v) is 10.1. The minimum atomic E-state index is 0.268. The average molecular weight is 435 g/mol. The number of hydrogen-bond donors (Lipinski definition) is 2. The number of guanidine groups is 1. The number of carbonyl (C=O) groups excluding carboxylic acids is 1. The third kappa shape index (κ3) is 7.07. The molecule has 7 nitrogen and oxygen atoms in total. The van der Waals surface area contributed by atoms with Crippen LogP contribution < -0.4 is 10.6 Å². The summed E-state index contributed by atoms with van der Waals surface area (Å²) in [5.41, 5.74) is 0. The van der Waals surface area contributed by atoms with Crippen molar-refractivity contribution < 1.29 is 4.79 Å². The van der Waals surface area contributed by atoms with Gasteiger partial charge in [-0.2, -0.15) is 0 Å². The summed E-state index contributed by atoms with van der Waals surface area (Å²) in [6, 6.07) is 0.767. The normalized spacial score (nSPS) is 25.8. The summed E-state index contributed by atoms with van der Waals surface area (Å²) < 4.78 is 0. The van der Waals surface area contributed by atoms with E-state index in [1.165, 1.54) is 19.3 Å². The van der Waals surface area contributed by atoms with Crippen LogP contribution in [0.2, 0.25) is 0 Å². The first-order valence-electron chi connectivity index (χ1n) is 12.7. The van der Waals surface area contributed by atoms with E-state index in [0.717, 1.165) is 77.6 Å². The van der Waals surface area contributed by atoms with Gasteiger partial charge in [-0.05, 0) is 39.2 Å². The number of rotatable bonds is 7. The standard InChI is InChI=1S/C24H46N6O/c1-5-25-24(26-17-22(19(2)3)29-15-13-28(4)14-16-29)27-21-11-12-30(18-21)23(31)20-9-7-6-8-10-20/h19-22H,5-18H2,1-4H3,(H2,25,26,27). The molecule has 2 saturated heterocycles. The van der Waals surface area contributed by atoms with Crippen LogP contribution >= 0.6 is 0 Å². The van der Waals surface area contributed by atoms with Crippen LogP contribution in [0, 0.1) is 11.8 Å². The molecule has 1 amide bonds. The highest BCUT2D eigenvalue weighted by Gasteiger charge is 2.32. The van der Waals surface area contributed by atoms with E-state index in [-0.39, 0.29) is 5.92 Å². The predicted octanol–water partition coefficient (Wildman–Crippen LogP) is 1.99. The maximum atomic E-state index is 12.9. The van der Waals surface area contributed by atoms with Crippen molar-refractivity contribution in [3.8, 4) is 0 Å². The fraction of sp³-hybridized carbons (Fsp3) is 0.917. The summed E-state index contributed by atoms with van der Waals surface area (Å²) in [7, 11) is 2.21. The molecule has 0 bridgehead atoms. The van der Waals surface area contributed by atoms with Gasteiger partial charge in [0.25, 0.3) is 0 Å². The Morgan fingerprint density at radius 2 is 1.74 bits per heavy atom. The van der Waals surface area contributed by atoms with Gasteiger partial charge in [0.2, 0.25) is 5.91 Å². The van der Waals surface area contributed by atoms with Crippen LogP contribution in [0.5, 0.6) is 0 Å². The van der Waals surface area contributed by atoms with Crippen molar-refractivity contribution >= 4 is 11.9 Å². The summed E-state index contributed by atoms with van der Waals surface area (Å²) in [5, 5.41) is 7.06. The lowest BCUT2D eigenvalue weighted by atomic mass is 9.88. The molecule has 0 spiro atoms. The van der Waals surface area contributed by atoms with Crippen molar-refractivity contribution in [2.45, 2.75) is 71.4 Å². The fourth-order valence-corrected chi connectivity index (χ4v) is 5.29. The molecule has 2 heterocycles. The minimum absolute atomic E-state index is 0.268. The molecular formula is C24H46N6O. The fourth-order valence-electron chi connectivity index (χ4n) is 5.29. The number of hydrogen-bond acceptors (Lipinski definition) is 4. The van der Waals surface area contributed by atoms with Crippen LogP contribution in [0.1, 0.15) is 59.3 Å². The molecule has 7 heteroatoms. The molecule has 0 aromatic carbocycles. The van der Waals surface area contributed by atoms with E-state index in [1.54, 1.807) is 0 Å². The predicted molar refractivity (Wildman–Crippen MR) is 128 cm³/mol. The van der Waals surface area contributed by atoms with E-state index in [9.17, 15) is 4.79 Å². The molecule has 0 radical (unpaired) electrons. The number of amides is 1. The van der Waals surface area contributed by atoms with Gasteiger partial charge >= 0.3 is 0 Å². The number of likely N-dealkylation sites (tertiary alicyclic amines) is 1. The zero-order chi connectivity index (χ0) is 22.2. The van der Waals surface area contributed by atoms with E-state index >= 15 is 0 Å². The molecular weight excluding hydrogens is 388 g/mol. The van der Waals surface area contributed by atoms with Crippen LogP contribution in [0.3, 0.4) is 0 Å². The van der Waals surface area contributed by atoms with Crippen molar-refractivity contribution in [2.75, 3.05) is 59.4 Å². The zero-order valence-electron chi connectivity index (χ0n) is 20.4. The Morgan fingerprint density at radius 3 is 2.39 bits per heavy atom. The second-order valence-electron chi connectivity index (χ2n) is 10.1. The van der Waals surface area contributed by atoms with E-state index < -0.39 is 0 Å². The number of aliphatic imine (C=N–C) groups is 1. The van der Waals surface area contributed by atoms with Gasteiger partial charge in [-0.15, -0.1) is 0 Å². The molecule has 0 aromatic heterocycles. The Balaban J connectivity index is 1.53. The molecule has 2 atom stereocenters. The van der Waals surface area contributed by atoms with Gasteiger partial charge in [0, 0.05) is 63.8 Å². The van der Waals surface area contributed by atoms with Crippen LogP contribution in [-0.2, 0) is 4.79 Å². The molecule has 0 aromatic rings. The Hall–Kier alpha value is -1.34. The van der Waals surface area contributed by atoms with Crippen molar-refractivity contribution in [1.82, 2.24) is 25.3 Å². The maximum absolute atomic E-state index is 12.9. The van der Waals surface area contributed by atoms with Crippen LogP contribution in [0.4, 0.5) is 0 Å². The lowest BCUT2D eigenvalue weighted by Gasteiger charge is -2.39. The molecule has 2 N–H and O–H groups in total.